The maximum absolute atomic E-state index is 5.93. The van der Waals surface area contributed by atoms with E-state index in [1.807, 2.05) is 12.1 Å². The van der Waals surface area contributed by atoms with E-state index in [4.69, 9.17) is 23.2 Å². The molecule has 0 bridgehead atoms. The minimum Gasteiger partial charge on any atom is -0.305 e. The Morgan fingerprint density at radius 2 is 1.87 bits per heavy atom. The number of nitrogens with zero attached hydrogens (tertiary/aromatic N) is 1. The Morgan fingerprint density at radius 3 is 2.33 bits per heavy atom. The van der Waals surface area contributed by atoms with Crippen molar-refractivity contribution in [2.75, 3.05) is 11.8 Å². The highest BCUT2D eigenvalue weighted by Crippen LogP contribution is 2.15. The maximum atomic E-state index is 5.93. The Bertz CT molecular complexity index is 265. The van der Waals surface area contributed by atoms with Gasteiger partial charge in [-0.15, -0.1) is 23.2 Å². The van der Waals surface area contributed by atoms with Crippen molar-refractivity contribution in [3.63, 3.8) is 0 Å². The third-order valence-corrected chi connectivity index (χ3v) is 3.63. The highest BCUT2D eigenvalue weighted by molar-refractivity contribution is 6.22. The minimum atomic E-state index is -0.160. The zero-order chi connectivity index (χ0) is 11.1. The van der Waals surface area contributed by atoms with Crippen LogP contribution in [0.25, 0.3) is 0 Å². The second-order valence-corrected chi connectivity index (χ2v) is 4.14. The molecule has 0 unspecified atom stereocenters. The molecule has 0 saturated carbocycles. The summed E-state index contributed by atoms with van der Waals surface area (Å²) in [4.78, 5) is 3.97. The Kier molecular flexibility index (Phi) is 5.37. The number of halogens is 2. The van der Waals surface area contributed by atoms with Crippen LogP contribution in [0.2, 0.25) is 0 Å². The molecule has 0 radical (unpaired) electrons. The van der Waals surface area contributed by atoms with Crippen LogP contribution in [0.15, 0.2) is 24.5 Å². The zero-order valence-electron chi connectivity index (χ0n) is 8.84. The lowest BCUT2D eigenvalue weighted by Crippen LogP contribution is -2.47. The van der Waals surface area contributed by atoms with Crippen molar-refractivity contribution < 1.29 is 0 Å². The fourth-order valence-electron chi connectivity index (χ4n) is 1.23. The molecule has 0 atom stereocenters. The predicted octanol–water partition coefficient (Wildman–Crippen LogP) is 2.80. The lowest BCUT2D eigenvalue weighted by Gasteiger charge is -2.29. The molecule has 0 aliphatic carbocycles. The molecule has 0 spiro atoms. The summed E-state index contributed by atoms with van der Waals surface area (Å²) < 4.78 is 0. The molecule has 0 aromatic carbocycles. The Hall–Kier alpha value is -0.310. The molecule has 1 rings (SSSR count). The summed E-state index contributed by atoms with van der Waals surface area (Å²) >= 11 is 11.9. The van der Waals surface area contributed by atoms with E-state index in [-0.39, 0.29) is 5.54 Å². The van der Waals surface area contributed by atoms with Crippen molar-refractivity contribution in [1.29, 1.82) is 0 Å². The smallest absolute Gasteiger partial charge is 0.0453 e. The molecular weight excluding hydrogens is 231 g/mol. The molecule has 0 aliphatic rings. The van der Waals surface area contributed by atoms with Crippen LogP contribution in [0.5, 0.6) is 0 Å². The van der Waals surface area contributed by atoms with Crippen molar-refractivity contribution in [2.45, 2.75) is 25.4 Å². The molecule has 2 nitrogen and oxygen atoms in total. The van der Waals surface area contributed by atoms with Crippen molar-refractivity contribution in [2.24, 2.45) is 0 Å². The van der Waals surface area contributed by atoms with Gasteiger partial charge in [0.05, 0.1) is 0 Å². The van der Waals surface area contributed by atoms with Gasteiger partial charge in [-0.2, -0.15) is 0 Å². The van der Waals surface area contributed by atoms with E-state index < -0.39 is 0 Å². The highest BCUT2D eigenvalue weighted by atomic mass is 35.5. The first-order valence-electron chi connectivity index (χ1n) is 5.02. The van der Waals surface area contributed by atoms with Crippen LogP contribution in [-0.4, -0.2) is 22.3 Å². The van der Waals surface area contributed by atoms with E-state index in [0.29, 0.717) is 11.8 Å². The molecule has 1 heterocycles. The van der Waals surface area contributed by atoms with Crippen molar-refractivity contribution >= 4 is 23.2 Å². The molecule has 84 valence electrons. The average Bonchev–Trinajstić information content (AvgIpc) is 2.33. The molecule has 1 N–H and O–H groups in total. The molecule has 15 heavy (non-hydrogen) atoms. The molecule has 0 amide bonds. The van der Waals surface area contributed by atoms with Gasteiger partial charge in [-0.3, -0.25) is 4.98 Å². The predicted molar refractivity (Wildman–Crippen MR) is 65.5 cm³/mol. The zero-order valence-corrected chi connectivity index (χ0v) is 10.4. The fraction of sp³-hybridized carbons (Fsp3) is 0.545. The maximum Gasteiger partial charge on any atom is 0.0453 e. The summed E-state index contributed by atoms with van der Waals surface area (Å²) in [5.74, 6) is 1.05. The van der Waals surface area contributed by atoms with Crippen LogP contribution >= 0.6 is 23.2 Å². The van der Waals surface area contributed by atoms with E-state index in [1.54, 1.807) is 12.4 Å². The van der Waals surface area contributed by atoms with Crippen LogP contribution < -0.4 is 5.32 Å². The molecule has 0 fully saturated rings. The summed E-state index contributed by atoms with van der Waals surface area (Å²) in [5, 5.41) is 3.41. The Labute approximate surface area is 101 Å². The van der Waals surface area contributed by atoms with Crippen LogP contribution in [0, 0.1) is 0 Å². The third-order valence-electron chi connectivity index (χ3n) is 2.61. The number of hydrogen-bond acceptors (Lipinski definition) is 2. The van der Waals surface area contributed by atoms with E-state index >= 15 is 0 Å². The Balaban J connectivity index is 2.54. The number of alkyl halides is 2. The topological polar surface area (TPSA) is 24.9 Å². The lowest BCUT2D eigenvalue weighted by molar-refractivity contribution is 0.384. The van der Waals surface area contributed by atoms with E-state index in [9.17, 15) is 0 Å². The van der Waals surface area contributed by atoms with Crippen LogP contribution in [0.3, 0.4) is 0 Å². The molecule has 4 heteroatoms. The van der Waals surface area contributed by atoms with Gasteiger partial charge in [-0.05, 0) is 24.1 Å². The van der Waals surface area contributed by atoms with Gasteiger partial charge in [0.2, 0.25) is 0 Å². The lowest BCUT2D eigenvalue weighted by atomic mass is 10.0. The van der Waals surface area contributed by atoms with Crippen molar-refractivity contribution in [1.82, 2.24) is 10.3 Å². The fourth-order valence-corrected chi connectivity index (χ4v) is 2.09. The second kappa shape index (κ2) is 6.31. The van der Waals surface area contributed by atoms with Gasteiger partial charge in [0, 0.05) is 36.2 Å². The van der Waals surface area contributed by atoms with Crippen LogP contribution in [0.1, 0.15) is 18.9 Å². The van der Waals surface area contributed by atoms with Crippen LogP contribution in [0.4, 0.5) is 0 Å². The largest absolute Gasteiger partial charge is 0.305 e. The van der Waals surface area contributed by atoms with E-state index in [0.717, 1.165) is 13.0 Å². The van der Waals surface area contributed by atoms with E-state index in [1.165, 1.54) is 5.56 Å². The standard InChI is InChI=1S/C11H16Cl2N2/c1-2-11(8-12,9-13)15-7-10-3-5-14-6-4-10/h3-6,15H,2,7-9H2,1H3. The minimum absolute atomic E-state index is 0.160. The van der Waals surface area contributed by atoms with Gasteiger partial charge < -0.3 is 5.32 Å². The monoisotopic (exact) mass is 246 g/mol. The summed E-state index contributed by atoms with van der Waals surface area (Å²) in [6.45, 7) is 2.86. The van der Waals surface area contributed by atoms with Gasteiger partial charge in [-0.25, -0.2) is 0 Å². The van der Waals surface area contributed by atoms with Gasteiger partial charge >= 0.3 is 0 Å². The summed E-state index contributed by atoms with van der Waals surface area (Å²) in [5.41, 5.74) is 1.03. The number of pyridine rings is 1. The molecular formula is C11H16Cl2N2. The average molecular weight is 247 g/mol. The highest BCUT2D eigenvalue weighted by Gasteiger charge is 2.24. The molecule has 0 aliphatic heterocycles. The number of rotatable bonds is 6. The first kappa shape index (κ1) is 12.8. The summed E-state index contributed by atoms with van der Waals surface area (Å²) in [7, 11) is 0. The first-order chi connectivity index (χ1) is 7.26. The quantitative estimate of drug-likeness (QED) is 0.782. The van der Waals surface area contributed by atoms with Gasteiger partial charge in [0.1, 0.15) is 0 Å². The van der Waals surface area contributed by atoms with Gasteiger partial charge in [0.15, 0.2) is 0 Å². The number of aromatic nitrogens is 1. The molecule has 1 aromatic heterocycles. The number of nitrogens with one attached hydrogen (secondary N) is 1. The van der Waals surface area contributed by atoms with Crippen molar-refractivity contribution in [3.05, 3.63) is 30.1 Å². The van der Waals surface area contributed by atoms with Crippen LogP contribution in [-0.2, 0) is 6.54 Å². The summed E-state index contributed by atoms with van der Waals surface area (Å²) in [6.07, 6.45) is 4.49. The SMILES string of the molecule is CCC(CCl)(CCl)NCc1ccncc1. The normalized spacial score (nSPS) is 11.7. The van der Waals surface area contributed by atoms with Gasteiger partial charge in [0.25, 0.3) is 0 Å². The first-order valence-corrected chi connectivity index (χ1v) is 6.09. The Morgan fingerprint density at radius 1 is 1.27 bits per heavy atom. The second-order valence-electron chi connectivity index (χ2n) is 3.61. The molecule has 0 saturated heterocycles. The number of hydrogen-bond donors (Lipinski definition) is 1. The molecule has 1 aromatic rings. The van der Waals surface area contributed by atoms with Gasteiger partial charge in [-0.1, -0.05) is 6.92 Å². The van der Waals surface area contributed by atoms with E-state index in [2.05, 4.69) is 17.2 Å². The summed E-state index contributed by atoms with van der Waals surface area (Å²) in [6, 6.07) is 3.96. The van der Waals surface area contributed by atoms with Crippen molar-refractivity contribution in [3.8, 4) is 0 Å². The third kappa shape index (κ3) is 3.63.